The molecule has 1 aliphatic rings. The second-order valence-corrected chi connectivity index (χ2v) is 7.26. The van der Waals surface area contributed by atoms with E-state index in [1.165, 1.54) is 38.0 Å². The van der Waals surface area contributed by atoms with Crippen LogP contribution in [-0.2, 0) is 6.42 Å². The second kappa shape index (κ2) is 8.17. The zero-order chi connectivity index (χ0) is 15.2. The van der Waals surface area contributed by atoms with Gasteiger partial charge in [-0.25, -0.2) is 0 Å². The fourth-order valence-electron chi connectivity index (χ4n) is 3.19. The number of rotatable bonds is 7. The lowest BCUT2D eigenvalue weighted by Crippen LogP contribution is -2.44. The van der Waals surface area contributed by atoms with Crippen molar-refractivity contribution >= 4 is 11.6 Å². The number of benzene rings is 1. The molecular formula is C18H29ClN2. The summed E-state index contributed by atoms with van der Waals surface area (Å²) in [7, 11) is 0. The molecule has 0 radical (unpaired) electrons. The van der Waals surface area contributed by atoms with Crippen molar-refractivity contribution in [1.29, 1.82) is 0 Å². The molecule has 21 heavy (non-hydrogen) atoms. The van der Waals surface area contributed by atoms with Crippen LogP contribution in [0.1, 0.15) is 39.2 Å². The number of halogens is 1. The molecule has 0 aliphatic carbocycles. The maximum atomic E-state index is 5.97. The van der Waals surface area contributed by atoms with Crippen molar-refractivity contribution in [3.05, 3.63) is 34.9 Å². The smallest absolute Gasteiger partial charge is 0.0406 e. The van der Waals surface area contributed by atoms with Gasteiger partial charge in [-0.05, 0) is 56.3 Å². The molecule has 118 valence electrons. The molecule has 1 N–H and O–H groups in total. The summed E-state index contributed by atoms with van der Waals surface area (Å²) in [5.74, 6) is 0.707. The van der Waals surface area contributed by atoms with Crippen molar-refractivity contribution in [2.24, 2.45) is 5.92 Å². The maximum absolute atomic E-state index is 5.97. The van der Waals surface area contributed by atoms with E-state index in [1.54, 1.807) is 0 Å². The predicted molar refractivity (Wildman–Crippen MR) is 92.1 cm³/mol. The van der Waals surface area contributed by atoms with Crippen molar-refractivity contribution in [3.63, 3.8) is 0 Å². The molecule has 1 aliphatic heterocycles. The minimum atomic E-state index is 0.566. The molecule has 0 spiro atoms. The van der Waals surface area contributed by atoms with Crippen LogP contribution in [0.15, 0.2) is 24.3 Å². The maximum Gasteiger partial charge on any atom is 0.0406 e. The van der Waals surface area contributed by atoms with Crippen molar-refractivity contribution in [3.8, 4) is 0 Å². The molecule has 0 saturated carbocycles. The van der Waals surface area contributed by atoms with E-state index in [4.69, 9.17) is 11.6 Å². The van der Waals surface area contributed by atoms with E-state index >= 15 is 0 Å². The van der Waals surface area contributed by atoms with E-state index in [1.807, 2.05) is 12.1 Å². The molecule has 1 fully saturated rings. The average Bonchev–Trinajstić information content (AvgIpc) is 2.93. The third-order valence-electron chi connectivity index (χ3n) is 4.28. The Morgan fingerprint density at radius 2 is 1.95 bits per heavy atom. The zero-order valence-corrected chi connectivity index (χ0v) is 14.4. The van der Waals surface area contributed by atoms with Gasteiger partial charge in [-0.15, -0.1) is 0 Å². The van der Waals surface area contributed by atoms with Crippen LogP contribution in [0, 0.1) is 5.92 Å². The lowest BCUT2D eigenvalue weighted by molar-refractivity contribution is 0.170. The molecular weight excluding hydrogens is 280 g/mol. The standard InChI is InChI=1S/C18H29ClN2/c1-14(2)12-21(13-18-5-4-10-20-18)15(3)11-16-6-8-17(19)9-7-16/h6-9,14-15,18,20H,4-5,10-13H2,1-3H3. The Hall–Kier alpha value is -0.570. The molecule has 1 aromatic carbocycles. The normalized spacial score (nSPS) is 20.4. The molecule has 0 bridgehead atoms. The number of nitrogens with one attached hydrogen (secondary N) is 1. The van der Waals surface area contributed by atoms with Crippen LogP contribution in [0.3, 0.4) is 0 Å². The van der Waals surface area contributed by atoms with E-state index in [-0.39, 0.29) is 0 Å². The van der Waals surface area contributed by atoms with Crippen LogP contribution < -0.4 is 5.32 Å². The van der Waals surface area contributed by atoms with Gasteiger partial charge in [0.1, 0.15) is 0 Å². The third-order valence-corrected chi connectivity index (χ3v) is 4.54. The summed E-state index contributed by atoms with van der Waals surface area (Å²) < 4.78 is 0. The van der Waals surface area contributed by atoms with Crippen LogP contribution >= 0.6 is 11.6 Å². The van der Waals surface area contributed by atoms with E-state index < -0.39 is 0 Å². The Morgan fingerprint density at radius 3 is 2.52 bits per heavy atom. The van der Waals surface area contributed by atoms with Crippen molar-refractivity contribution < 1.29 is 0 Å². The Labute approximate surface area is 134 Å². The molecule has 1 aromatic rings. The van der Waals surface area contributed by atoms with Crippen molar-refractivity contribution in [2.45, 2.75) is 52.1 Å². The van der Waals surface area contributed by atoms with Gasteiger partial charge in [0.25, 0.3) is 0 Å². The Kier molecular flexibility index (Phi) is 6.53. The highest BCUT2D eigenvalue weighted by atomic mass is 35.5. The highest BCUT2D eigenvalue weighted by molar-refractivity contribution is 6.30. The van der Waals surface area contributed by atoms with Crippen molar-refractivity contribution in [2.75, 3.05) is 19.6 Å². The van der Waals surface area contributed by atoms with Gasteiger partial charge in [0.2, 0.25) is 0 Å². The summed E-state index contributed by atoms with van der Waals surface area (Å²) in [6.45, 7) is 10.5. The number of hydrogen-bond donors (Lipinski definition) is 1. The SMILES string of the molecule is CC(C)CN(CC1CCCN1)C(C)Cc1ccc(Cl)cc1. The number of nitrogens with zero attached hydrogens (tertiary/aromatic N) is 1. The topological polar surface area (TPSA) is 15.3 Å². The second-order valence-electron chi connectivity index (χ2n) is 6.82. The third kappa shape index (κ3) is 5.61. The zero-order valence-electron chi connectivity index (χ0n) is 13.6. The first-order chi connectivity index (χ1) is 10.0. The molecule has 0 amide bonds. The quantitative estimate of drug-likeness (QED) is 0.819. The monoisotopic (exact) mass is 308 g/mol. The van der Waals surface area contributed by atoms with E-state index in [0.717, 1.165) is 11.4 Å². The lowest BCUT2D eigenvalue weighted by Gasteiger charge is -2.33. The molecule has 3 heteroatoms. The fourth-order valence-corrected chi connectivity index (χ4v) is 3.32. The largest absolute Gasteiger partial charge is 0.313 e. The van der Waals surface area contributed by atoms with Crippen LogP contribution in [0.2, 0.25) is 5.02 Å². The van der Waals surface area contributed by atoms with Gasteiger partial charge >= 0.3 is 0 Å². The summed E-state index contributed by atoms with van der Waals surface area (Å²) in [5.41, 5.74) is 1.38. The van der Waals surface area contributed by atoms with Crippen LogP contribution in [0.5, 0.6) is 0 Å². The minimum absolute atomic E-state index is 0.566. The van der Waals surface area contributed by atoms with E-state index in [2.05, 4.69) is 43.1 Å². The average molecular weight is 309 g/mol. The summed E-state index contributed by atoms with van der Waals surface area (Å²) >= 11 is 5.97. The summed E-state index contributed by atoms with van der Waals surface area (Å²) in [6.07, 6.45) is 3.74. The van der Waals surface area contributed by atoms with Crippen molar-refractivity contribution in [1.82, 2.24) is 10.2 Å². The highest BCUT2D eigenvalue weighted by Gasteiger charge is 2.22. The van der Waals surface area contributed by atoms with E-state index in [0.29, 0.717) is 18.0 Å². The molecule has 2 rings (SSSR count). The lowest BCUT2D eigenvalue weighted by atomic mass is 10.0. The van der Waals surface area contributed by atoms with Gasteiger partial charge in [-0.3, -0.25) is 4.90 Å². The fraction of sp³-hybridized carbons (Fsp3) is 0.667. The first-order valence-corrected chi connectivity index (χ1v) is 8.64. The van der Waals surface area contributed by atoms with Gasteiger partial charge in [-0.1, -0.05) is 37.6 Å². The summed E-state index contributed by atoms with van der Waals surface area (Å²) in [5, 5.41) is 4.45. The molecule has 2 nitrogen and oxygen atoms in total. The van der Waals surface area contributed by atoms with Gasteiger partial charge in [0.15, 0.2) is 0 Å². The van der Waals surface area contributed by atoms with Gasteiger partial charge in [0, 0.05) is 30.2 Å². The van der Waals surface area contributed by atoms with E-state index in [9.17, 15) is 0 Å². The van der Waals surface area contributed by atoms with Gasteiger partial charge < -0.3 is 5.32 Å². The first-order valence-electron chi connectivity index (χ1n) is 8.26. The molecule has 2 unspecified atom stereocenters. The summed E-state index contributed by atoms with van der Waals surface area (Å²) in [6, 6.07) is 9.54. The molecule has 2 atom stereocenters. The summed E-state index contributed by atoms with van der Waals surface area (Å²) in [4.78, 5) is 2.66. The number of hydrogen-bond acceptors (Lipinski definition) is 2. The van der Waals surface area contributed by atoms with Gasteiger partial charge in [-0.2, -0.15) is 0 Å². The highest BCUT2D eigenvalue weighted by Crippen LogP contribution is 2.16. The Bertz CT molecular complexity index is 410. The molecule has 0 aromatic heterocycles. The van der Waals surface area contributed by atoms with Gasteiger partial charge in [0.05, 0.1) is 0 Å². The minimum Gasteiger partial charge on any atom is -0.313 e. The Balaban J connectivity index is 1.95. The Morgan fingerprint density at radius 1 is 1.24 bits per heavy atom. The van der Waals surface area contributed by atoms with Crippen LogP contribution in [0.25, 0.3) is 0 Å². The van der Waals surface area contributed by atoms with Crippen LogP contribution in [0.4, 0.5) is 0 Å². The predicted octanol–water partition coefficient (Wildman–Crippen LogP) is 3.98. The van der Waals surface area contributed by atoms with Crippen LogP contribution in [-0.4, -0.2) is 36.6 Å². The molecule has 1 heterocycles. The molecule has 1 saturated heterocycles. The first kappa shape index (κ1) is 16.8.